The number of nitro benzene ring substituents is 1. The Hall–Kier alpha value is -3.33. The molecule has 4 rings (SSSR count). The molecule has 1 saturated heterocycles. The molecular weight excluding hydrogens is 390 g/mol. The minimum Gasteiger partial charge on any atom is -0.356 e. The molecule has 1 aliphatic rings. The van der Waals surface area contributed by atoms with Crippen LogP contribution in [0.2, 0.25) is 0 Å². The van der Waals surface area contributed by atoms with Crippen molar-refractivity contribution in [2.24, 2.45) is 0 Å². The zero-order chi connectivity index (χ0) is 20.4. The van der Waals surface area contributed by atoms with Gasteiger partial charge >= 0.3 is 0 Å². The standard InChI is InChI=1S/C20H19N5O3S/c1-13-6-7-14(11-17(13)25(27)28)16-12-29-20(22-16)23-19(26)15-5-4-8-21-18(15)24-9-2-3-10-24/h4-8,11-12H,2-3,9-10H2,1H3,(H,22,23,26). The number of thiazole rings is 1. The zero-order valence-corrected chi connectivity index (χ0v) is 16.6. The van der Waals surface area contributed by atoms with Gasteiger partial charge in [0.25, 0.3) is 11.6 Å². The van der Waals surface area contributed by atoms with Crippen LogP contribution in [-0.4, -0.2) is 33.9 Å². The lowest BCUT2D eigenvalue weighted by Crippen LogP contribution is -2.24. The fourth-order valence-electron chi connectivity index (χ4n) is 3.35. The van der Waals surface area contributed by atoms with Crippen molar-refractivity contribution in [2.75, 3.05) is 23.3 Å². The predicted molar refractivity (Wildman–Crippen MR) is 113 cm³/mol. The second-order valence-corrected chi connectivity index (χ2v) is 7.68. The van der Waals surface area contributed by atoms with E-state index < -0.39 is 4.92 Å². The molecule has 8 nitrogen and oxygen atoms in total. The number of rotatable bonds is 5. The van der Waals surface area contributed by atoms with E-state index in [1.165, 1.54) is 17.4 Å². The number of hydrogen-bond acceptors (Lipinski definition) is 7. The molecule has 0 spiro atoms. The Balaban J connectivity index is 1.55. The first kappa shape index (κ1) is 19.0. The Bertz CT molecular complexity index is 1080. The van der Waals surface area contributed by atoms with Crippen molar-refractivity contribution in [2.45, 2.75) is 19.8 Å². The van der Waals surface area contributed by atoms with Gasteiger partial charge in [-0.05, 0) is 31.9 Å². The Morgan fingerprint density at radius 2 is 2.07 bits per heavy atom. The van der Waals surface area contributed by atoms with Crippen molar-refractivity contribution in [1.29, 1.82) is 0 Å². The van der Waals surface area contributed by atoms with E-state index in [1.54, 1.807) is 42.8 Å². The van der Waals surface area contributed by atoms with Crippen LogP contribution in [0.5, 0.6) is 0 Å². The first-order valence-electron chi connectivity index (χ1n) is 9.25. The normalized spacial score (nSPS) is 13.5. The molecule has 1 amide bonds. The zero-order valence-electron chi connectivity index (χ0n) is 15.8. The number of aryl methyl sites for hydroxylation is 1. The highest BCUT2D eigenvalue weighted by molar-refractivity contribution is 7.14. The van der Waals surface area contributed by atoms with Crippen LogP contribution in [0.3, 0.4) is 0 Å². The van der Waals surface area contributed by atoms with Gasteiger partial charge in [0.15, 0.2) is 5.13 Å². The van der Waals surface area contributed by atoms with Crippen molar-refractivity contribution < 1.29 is 9.72 Å². The largest absolute Gasteiger partial charge is 0.356 e. The SMILES string of the molecule is Cc1ccc(-c2csc(NC(=O)c3cccnc3N3CCCC3)n2)cc1[N+](=O)[O-]. The summed E-state index contributed by atoms with van der Waals surface area (Å²) >= 11 is 1.28. The number of benzene rings is 1. The van der Waals surface area contributed by atoms with Gasteiger partial charge in [-0.15, -0.1) is 11.3 Å². The maximum Gasteiger partial charge on any atom is 0.272 e. The number of amides is 1. The molecule has 148 valence electrons. The number of hydrogen-bond donors (Lipinski definition) is 1. The van der Waals surface area contributed by atoms with Crippen molar-refractivity contribution in [1.82, 2.24) is 9.97 Å². The maximum absolute atomic E-state index is 12.8. The molecule has 0 saturated carbocycles. The number of nitrogens with one attached hydrogen (secondary N) is 1. The Morgan fingerprint density at radius 1 is 1.28 bits per heavy atom. The first-order valence-corrected chi connectivity index (χ1v) is 10.1. The number of pyridine rings is 1. The van der Waals surface area contributed by atoms with Crippen LogP contribution in [0.15, 0.2) is 41.9 Å². The van der Waals surface area contributed by atoms with E-state index in [-0.39, 0.29) is 11.6 Å². The lowest BCUT2D eigenvalue weighted by molar-refractivity contribution is -0.385. The fourth-order valence-corrected chi connectivity index (χ4v) is 4.06. The second kappa shape index (κ2) is 7.96. The van der Waals surface area contributed by atoms with Crippen molar-refractivity contribution in [3.05, 3.63) is 63.1 Å². The minimum atomic E-state index is -0.407. The summed E-state index contributed by atoms with van der Waals surface area (Å²) in [4.78, 5) is 34.5. The number of carbonyl (C=O) groups excluding carboxylic acids is 1. The van der Waals surface area contributed by atoms with Gasteiger partial charge in [-0.25, -0.2) is 9.97 Å². The predicted octanol–water partition coefficient (Wildman–Crippen LogP) is 4.27. The van der Waals surface area contributed by atoms with E-state index in [4.69, 9.17) is 0 Å². The van der Waals surface area contributed by atoms with Gasteiger partial charge in [0, 0.05) is 41.9 Å². The molecule has 1 aromatic carbocycles. The lowest BCUT2D eigenvalue weighted by Gasteiger charge is -2.19. The summed E-state index contributed by atoms with van der Waals surface area (Å²) in [6.45, 7) is 3.48. The maximum atomic E-state index is 12.8. The number of carbonyl (C=O) groups is 1. The summed E-state index contributed by atoms with van der Waals surface area (Å²) in [6.07, 6.45) is 3.88. The highest BCUT2D eigenvalue weighted by Crippen LogP contribution is 2.30. The highest BCUT2D eigenvalue weighted by atomic mass is 32.1. The van der Waals surface area contributed by atoms with Crippen LogP contribution in [0.25, 0.3) is 11.3 Å². The van der Waals surface area contributed by atoms with E-state index in [2.05, 4.69) is 20.2 Å². The van der Waals surface area contributed by atoms with Gasteiger partial charge in [-0.3, -0.25) is 20.2 Å². The van der Waals surface area contributed by atoms with Crippen LogP contribution in [0, 0.1) is 17.0 Å². The monoisotopic (exact) mass is 409 g/mol. The van der Waals surface area contributed by atoms with Crippen molar-refractivity contribution in [3.8, 4) is 11.3 Å². The summed E-state index contributed by atoms with van der Waals surface area (Å²) in [5.41, 5.74) is 2.37. The molecule has 9 heteroatoms. The fraction of sp³-hybridized carbons (Fsp3) is 0.250. The Morgan fingerprint density at radius 3 is 2.83 bits per heavy atom. The van der Waals surface area contributed by atoms with Crippen molar-refractivity contribution in [3.63, 3.8) is 0 Å². The Labute approximate surface area is 171 Å². The molecule has 0 unspecified atom stereocenters. The average Bonchev–Trinajstić information content (AvgIpc) is 3.40. The summed E-state index contributed by atoms with van der Waals surface area (Å²) < 4.78 is 0. The van der Waals surface area contributed by atoms with Gasteiger partial charge in [0.1, 0.15) is 5.82 Å². The molecule has 0 radical (unpaired) electrons. The van der Waals surface area contributed by atoms with Crippen LogP contribution < -0.4 is 10.2 Å². The molecule has 2 aromatic heterocycles. The van der Waals surface area contributed by atoms with Gasteiger partial charge in [-0.2, -0.15) is 0 Å². The first-order chi connectivity index (χ1) is 14.0. The third-order valence-electron chi connectivity index (χ3n) is 4.86. The molecule has 3 heterocycles. The van der Waals surface area contributed by atoms with E-state index in [9.17, 15) is 14.9 Å². The summed E-state index contributed by atoms with van der Waals surface area (Å²) in [5.74, 6) is 0.421. The van der Waals surface area contributed by atoms with Gasteiger partial charge in [-0.1, -0.05) is 12.1 Å². The van der Waals surface area contributed by atoms with E-state index in [1.807, 2.05) is 0 Å². The average molecular weight is 409 g/mol. The quantitative estimate of drug-likeness (QED) is 0.499. The third-order valence-corrected chi connectivity index (χ3v) is 5.62. The van der Waals surface area contributed by atoms with Gasteiger partial charge in [0.05, 0.1) is 16.2 Å². The van der Waals surface area contributed by atoms with Crippen LogP contribution >= 0.6 is 11.3 Å². The van der Waals surface area contributed by atoms with Crippen LogP contribution in [0.1, 0.15) is 28.8 Å². The summed E-state index contributed by atoms with van der Waals surface area (Å²) in [5, 5.41) is 16.2. The molecule has 1 N–H and O–H groups in total. The van der Waals surface area contributed by atoms with E-state index >= 15 is 0 Å². The van der Waals surface area contributed by atoms with Crippen LogP contribution in [0.4, 0.5) is 16.6 Å². The third kappa shape index (κ3) is 3.95. The van der Waals surface area contributed by atoms with E-state index in [0.717, 1.165) is 25.9 Å². The topological polar surface area (TPSA) is 101 Å². The van der Waals surface area contributed by atoms with Crippen molar-refractivity contribution >= 4 is 33.9 Å². The molecular formula is C20H19N5O3S. The number of nitrogens with zero attached hydrogens (tertiary/aromatic N) is 4. The minimum absolute atomic E-state index is 0.0479. The molecule has 3 aromatic rings. The second-order valence-electron chi connectivity index (χ2n) is 6.82. The summed E-state index contributed by atoms with van der Waals surface area (Å²) in [6, 6.07) is 8.49. The Kier molecular flexibility index (Phi) is 5.22. The molecule has 0 aliphatic carbocycles. The van der Waals surface area contributed by atoms with Gasteiger partial charge < -0.3 is 4.90 Å². The number of aromatic nitrogens is 2. The highest BCUT2D eigenvalue weighted by Gasteiger charge is 2.21. The smallest absolute Gasteiger partial charge is 0.272 e. The molecule has 0 atom stereocenters. The number of anilines is 2. The van der Waals surface area contributed by atoms with Gasteiger partial charge in [0.2, 0.25) is 0 Å². The van der Waals surface area contributed by atoms with E-state index in [0.29, 0.717) is 33.3 Å². The summed E-state index contributed by atoms with van der Waals surface area (Å²) in [7, 11) is 0. The molecule has 1 fully saturated rings. The van der Waals surface area contributed by atoms with Crippen LogP contribution in [-0.2, 0) is 0 Å². The molecule has 29 heavy (non-hydrogen) atoms. The molecule has 0 bridgehead atoms. The molecule has 1 aliphatic heterocycles. The number of nitro groups is 1. The lowest BCUT2D eigenvalue weighted by atomic mass is 10.1.